The molecule has 0 aliphatic rings. The second-order valence-corrected chi connectivity index (χ2v) is 2.89. The van der Waals surface area contributed by atoms with E-state index in [1.807, 2.05) is 12.1 Å². The monoisotopic (exact) mass is 215 g/mol. The van der Waals surface area contributed by atoms with E-state index in [-0.39, 0.29) is 0 Å². The summed E-state index contributed by atoms with van der Waals surface area (Å²) in [5.74, 6) is 0.814. The van der Waals surface area contributed by atoms with Crippen molar-refractivity contribution in [2.24, 2.45) is 0 Å². The number of pyridine rings is 1. The molecule has 0 radical (unpaired) electrons. The van der Waals surface area contributed by atoms with Gasteiger partial charge in [0.05, 0.1) is 6.61 Å². The van der Waals surface area contributed by atoms with Crippen molar-refractivity contribution in [1.29, 1.82) is 0 Å². The van der Waals surface area contributed by atoms with Crippen LogP contribution in [0.2, 0.25) is 0 Å². The summed E-state index contributed by atoms with van der Waals surface area (Å²) in [6, 6.07) is 3.75. The van der Waals surface area contributed by atoms with Crippen molar-refractivity contribution in [3.05, 3.63) is 22.9 Å². The highest BCUT2D eigenvalue weighted by Gasteiger charge is 1.97. The van der Waals surface area contributed by atoms with E-state index >= 15 is 0 Å². The molecule has 0 saturated heterocycles. The number of hydrogen-bond acceptors (Lipinski definition) is 2. The van der Waals surface area contributed by atoms with Gasteiger partial charge in [-0.25, -0.2) is 4.98 Å². The van der Waals surface area contributed by atoms with E-state index in [1.165, 1.54) is 0 Å². The van der Waals surface area contributed by atoms with Crippen LogP contribution in [0.1, 0.15) is 13.3 Å². The second kappa shape index (κ2) is 4.34. The van der Waals surface area contributed by atoms with Gasteiger partial charge in [0.15, 0.2) is 5.75 Å². The molecule has 0 saturated carbocycles. The number of nitrogens with zero attached hydrogens (tertiary/aromatic N) is 1. The summed E-state index contributed by atoms with van der Waals surface area (Å²) >= 11 is 3.29. The molecule has 0 aromatic carbocycles. The van der Waals surface area contributed by atoms with Gasteiger partial charge in [0.25, 0.3) is 0 Å². The molecule has 0 aliphatic heterocycles. The third kappa shape index (κ3) is 2.50. The van der Waals surface area contributed by atoms with Crippen molar-refractivity contribution in [1.82, 2.24) is 4.98 Å². The predicted octanol–water partition coefficient (Wildman–Crippen LogP) is 2.63. The van der Waals surface area contributed by atoms with Gasteiger partial charge in [-0.15, -0.1) is 0 Å². The molecule has 60 valence electrons. The van der Waals surface area contributed by atoms with Crippen LogP contribution in [0, 0.1) is 0 Å². The molecule has 3 heteroatoms. The topological polar surface area (TPSA) is 22.1 Å². The summed E-state index contributed by atoms with van der Waals surface area (Å²) < 4.78 is 6.15. The summed E-state index contributed by atoms with van der Waals surface area (Å²) in [5, 5.41) is 0. The summed E-state index contributed by atoms with van der Waals surface area (Å²) in [6.45, 7) is 2.81. The first kappa shape index (κ1) is 8.53. The lowest BCUT2D eigenvalue weighted by molar-refractivity contribution is 0.314. The Hall–Kier alpha value is -0.570. The summed E-state index contributed by atoms with van der Waals surface area (Å²) in [6.07, 6.45) is 2.74. The minimum absolute atomic E-state index is 0.740. The Labute approximate surface area is 74.7 Å². The maximum absolute atomic E-state index is 5.38. The van der Waals surface area contributed by atoms with Gasteiger partial charge in [0.2, 0.25) is 0 Å². The van der Waals surface area contributed by atoms with E-state index < -0.39 is 0 Å². The zero-order valence-electron chi connectivity index (χ0n) is 6.38. The van der Waals surface area contributed by atoms with E-state index in [0.717, 1.165) is 23.4 Å². The first-order valence-electron chi connectivity index (χ1n) is 3.58. The maximum atomic E-state index is 5.38. The lowest BCUT2D eigenvalue weighted by atomic mass is 10.4. The SMILES string of the molecule is CCCOc1cccnc1Br. The standard InChI is InChI=1S/C8H10BrNO/c1-2-6-11-7-4-3-5-10-8(7)9/h3-5H,2,6H2,1H3. The zero-order chi connectivity index (χ0) is 8.10. The fourth-order valence-electron chi connectivity index (χ4n) is 0.691. The fraction of sp³-hybridized carbons (Fsp3) is 0.375. The molecular weight excluding hydrogens is 206 g/mol. The fourth-order valence-corrected chi connectivity index (χ4v) is 1.06. The molecule has 1 rings (SSSR count). The molecule has 1 aromatic rings. The largest absolute Gasteiger partial charge is 0.491 e. The average molecular weight is 216 g/mol. The van der Waals surface area contributed by atoms with E-state index in [0.29, 0.717) is 0 Å². The smallest absolute Gasteiger partial charge is 0.152 e. The van der Waals surface area contributed by atoms with Gasteiger partial charge in [0.1, 0.15) is 4.60 Å². The average Bonchev–Trinajstić information content (AvgIpc) is 2.03. The van der Waals surface area contributed by atoms with Crippen molar-refractivity contribution in [3.8, 4) is 5.75 Å². The first-order valence-corrected chi connectivity index (χ1v) is 4.37. The first-order chi connectivity index (χ1) is 5.34. The number of aromatic nitrogens is 1. The Morgan fingerprint density at radius 3 is 3.09 bits per heavy atom. The van der Waals surface area contributed by atoms with Gasteiger partial charge >= 0.3 is 0 Å². The Morgan fingerprint density at radius 1 is 1.64 bits per heavy atom. The molecule has 0 spiro atoms. The maximum Gasteiger partial charge on any atom is 0.152 e. The Kier molecular flexibility index (Phi) is 3.36. The lowest BCUT2D eigenvalue weighted by Gasteiger charge is -2.04. The van der Waals surface area contributed by atoms with Crippen LogP contribution in [-0.2, 0) is 0 Å². The van der Waals surface area contributed by atoms with Gasteiger partial charge in [-0.2, -0.15) is 0 Å². The van der Waals surface area contributed by atoms with E-state index in [1.54, 1.807) is 6.20 Å². The van der Waals surface area contributed by atoms with Crippen LogP contribution < -0.4 is 4.74 Å². The van der Waals surface area contributed by atoms with Crippen LogP contribution in [0.15, 0.2) is 22.9 Å². The van der Waals surface area contributed by atoms with Crippen LogP contribution in [0.4, 0.5) is 0 Å². The molecule has 0 fully saturated rings. The third-order valence-corrected chi connectivity index (χ3v) is 1.78. The third-order valence-electron chi connectivity index (χ3n) is 1.19. The van der Waals surface area contributed by atoms with Crippen molar-refractivity contribution < 1.29 is 4.74 Å². The molecule has 11 heavy (non-hydrogen) atoms. The van der Waals surface area contributed by atoms with Crippen LogP contribution in [0.3, 0.4) is 0 Å². The normalized spacial score (nSPS) is 9.64. The number of hydrogen-bond donors (Lipinski definition) is 0. The lowest BCUT2D eigenvalue weighted by Crippen LogP contribution is -1.95. The van der Waals surface area contributed by atoms with E-state index in [2.05, 4.69) is 27.8 Å². The van der Waals surface area contributed by atoms with Crippen LogP contribution in [0.25, 0.3) is 0 Å². The molecule has 0 amide bonds. The number of halogens is 1. The van der Waals surface area contributed by atoms with Crippen molar-refractivity contribution in [2.45, 2.75) is 13.3 Å². The minimum atomic E-state index is 0.740. The van der Waals surface area contributed by atoms with Crippen LogP contribution in [0.5, 0.6) is 5.75 Å². The molecule has 0 aliphatic carbocycles. The Morgan fingerprint density at radius 2 is 2.45 bits per heavy atom. The molecule has 1 heterocycles. The van der Waals surface area contributed by atoms with Crippen LogP contribution >= 0.6 is 15.9 Å². The van der Waals surface area contributed by atoms with Crippen molar-refractivity contribution in [3.63, 3.8) is 0 Å². The molecular formula is C8H10BrNO. The highest BCUT2D eigenvalue weighted by atomic mass is 79.9. The molecule has 0 atom stereocenters. The highest BCUT2D eigenvalue weighted by molar-refractivity contribution is 9.10. The zero-order valence-corrected chi connectivity index (χ0v) is 7.97. The van der Waals surface area contributed by atoms with Crippen molar-refractivity contribution in [2.75, 3.05) is 6.61 Å². The highest BCUT2D eigenvalue weighted by Crippen LogP contribution is 2.20. The van der Waals surface area contributed by atoms with Gasteiger partial charge < -0.3 is 4.74 Å². The van der Waals surface area contributed by atoms with Crippen molar-refractivity contribution >= 4 is 15.9 Å². The van der Waals surface area contributed by atoms with E-state index in [4.69, 9.17) is 4.74 Å². The van der Waals surface area contributed by atoms with Gasteiger partial charge in [0, 0.05) is 6.20 Å². The Balaban J connectivity index is 2.62. The second-order valence-electron chi connectivity index (χ2n) is 2.14. The summed E-state index contributed by atoms with van der Waals surface area (Å²) in [5.41, 5.74) is 0. The quantitative estimate of drug-likeness (QED) is 0.724. The number of rotatable bonds is 3. The molecule has 0 N–H and O–H groups in total. The summed E-state index contributed by atoms with van der Waals surface area (Å²) in [7, 11) is 0. The molecule has 0 unspecified atom stereocenters. The van der Waals surface area contributed by atoms with Gasteiger partial charge in [-0.1, -0.05) is 6.92 Å². The molecule has 1 aromatic heterocycles. The van der Waals surface area contributed by atoms with Gasteiger partial charge in [-0.3, -0.25) is 0 Å². The molecule has 0 bridgehead atoms. The Bertz CT molecular complexity index is 227. The summed E-state index contributed by atoms with van der Waals surface area (Å²) in [4.78, 5) is 4.02. The van der Waals surface area contributed by atoms with Crippen LogP contribution in [-0.4, -0.2) is 11.6 Å². The minimum Gasteiger partial charge on any atom is -0.491 e. The molecule has 2 nitrogen and oxygen atoms in total. The van der Waals surface area contributed by atoms with Gasteiger partial charge in [-0.05, 0) is 34.5 Å². The predicted molar refractivity (Wildman–Crippen MR) is 47.7 cm³/mol. The number of ether oxygens (including phenoxy) is 1. The van der Waals surface area contributed by atoms with E-state index in [9.17, 15) is 0 Å².